The summed E-state index contributed by atoms with van der Waals surface area (Å²) in [6.07, 6.45) is 13.2. The predicted molar refractivity (Wildman–Crippen MR) is 608 cm³/mol. The summed E-state index contributed by atoms with van der Waals surface area (Å²) in [4.78, 5) is 87.8. The monoisotopic (exact) mass is 2390 g/mol. The van der Waals surface area contributed by atoms with E-state index in [1.54, 1.807) is 72.8 Å². The van der Waals surface area contributed by atoms with E-state index in [4.69, 9.17) is 25.5 Å². The number of ketones is 1. The molecule has 0 unspecified atom stereocenters. The van der Waals surface area contributed by atoms with Gasteiger partial charge in [0.15, 0.2) is 12.1 Å². The Bertz CT molecular complexity index is 5500. The molecule has 0 heterocycles. The Balaban J connectivity index is -0.000000170. The molecular formula is C128H169O13U2-. The molecular weight excluding hydrogens is 2220 g/mol. The number of aryl methyl sites for hydroxylation is 7. The maximum Gasteiger partial charge on any atom is 0.336 e. The molecule has 0 amide bonds. The van der Waals surface area contributed by atoms with Gasteiger partial charge in [0.1, 0.15) is 6.29 Å². The molecule has 13 aromatic carbocycles. The van der Waals surface area contributed by atoms with Crippen molar-refractivity contribution < 1.29 is 126 Å². The largest absolute Gasteiger partial charge is 0.478 e. The first kappa shape index (κ1) is 151. The van der Waals surface area contributed by atoms with E-state index in [9.17, 15) is 38.4 Å². The average Bonchev–Trinajstić information content (AvgIpc) is 1.61. The SMILES string of the molecule is CC.CC.CC.CC.CC.CC.CC.CC.CC.CC.CC.CC.CC.CC.CC1=C[C+]=[C-]C=C1.Cc1[c-]ccc(C)c1.Cc1ccc(-c2ccccc2)c(C)c1.Cc1ccc(-c2ccccc2C=O)cc1.Cc1ccccc1.Cc1ccccc1C=O.O=C(O)c1ccc(-c2ccccc2)c(C(=O)O)c1.O=C(O)c1ccc(-c2ccccc2C(=O)O)cc1.O=C(O)c1ccc2c(c1)C(=O)c1ccccc1-2.[U].[U]. The molecule has 0 saturated carbocycles. The third kappa shape index (κ3) is 61.8. The van der Waals surface area contributed by atoms with Crippen LogP contribution in [0.4, 0.5) is 0 Å². The first-order valence-electron chi connectivity index (χ1n) is 49.8. The Kier molecular flexibility index (Phi) is 106. The van der Waals surface area contributed by atoms with Crippen molar-refractivity contribution in [2.24, 2.45) is 0 Å². The summed E-state index contributed by atoms with van der Waals surface area (Å²) in [7, 11) is 0. The average molecular weight is 2390 g/mol. The van der Waals surface area contributed by atoms with Crippen LogP contribution in [-0.4, -0.2) is 73.7 Å². The Hall–Kier alpha value is -12.5. The number of hydrogen-bond acceptors (Lipinski definition) is 8. The maximum absolute atomic E-state index is 12.1. The fourth-order valence-corrected chi connectivity index (χ4v) is 11.4. The number of rotatable bonds is 11. The number of carbonyl (C=O) groups excluding carboxylic acids is 3. The molecule has 0 aromatic heterocycles. The summed E-state index contributed by atoms with van der Waals surface area (Å²) in [6, 6.07) is 97.6. The zero-order valence-corrected chi connectivity index (χ0v) is 101. The predicted octanol–water partition coefficient (Wildman–Crippen LogP) is 37.5. The van der Waals surface area contributed by atoms with Crippen molar-refractivity contribution in [2.45, 2.75) is 249 Å². The van der Waals surface area contributed by atoms with Crippen molar-refractivity contribution in [2.75, 3.05) is 0 Å². The zero-order valence-electron chi connectivity index (χ0n) is 92.8. The van der Waals surface area contributed by atoms with Crippen LogP contribution < -0.4 is 0 Å². The third-order valence-electron chi connectivity index (χ3n) is 17.2. The number of aromatic carboxylic acids is 5. The molecule has 0 aliphatic heterocycles. The van der Waals surface area contributed by atoms with E-state index in [1.807, 2.05) is 348 Å². The molecule has 13 nitrogen and oxygen atoms in total. The molecule has 143 heavy (non-hydrogen) atoms. The molecule has 768 valence electrons. The van der Waals surface area contributed by atoms with Gasteiger partial charge in [-0.3, -0.25) is 14.4 Å². The molecule has 0 spiro atoms. The smallest absolute Gasteiger partial charge is 0.336 e. The molecule has 2 aliphatic carbocycles. The zero-order chi connectivity index (χ0) is 110. The normalized spacial score (nSPS) is 8.87. The molecule has 15 heteroatoms. The summed E-state index contributed by atoms with van der Waals surface area (Å²) in [5.41, 5.74) is 22.0. The number of hydrogen-bond donors (Lipinski definition) is 5. The molecule has 0 bridgehead atoms. The molecule has 0 fully saturated rings. The summed E-state index contributed by atoms with van der Waals surface area (Å²) < 4.78 is 0. The summed E-state index contributed by atoms with van der Waals surface area (Å²) >= 11 is 0. The second kappa shape index (κ2) is 101. The van der Waals surface area contributed by atoms with Crippen molar-refractivity contribution in [1.82, 2.24) is 0 Å². The van der Waals surface area contributed by atoms with Crippen LogP contribution in [0.25, 0.3) is 55.6 Å². The molecule has 15 rings (SSSR count). The maximum atomic E-state index is 12.1. The number of benzene rings is 13. The minimum atomic E-state index is -1.14. The second-order valence-electron chi connectivity index (χ2n) is 25.9. The number of carboxylic acid groups (broad SMARTS) is 5. The van der Waals surface area contributed by atoms with Crippen molar-refractivity contribution in [3.63, 3.8) is 0 Å². The van der Waals surface area contributed by atoms with Crippen molar-refractivity contribution >= 4 is 48.2 Å². The van der Waals surface area contributed by atoms with Crippen molar-refractivity contribution in [1.29, 1.82) is 0 Å². The van der Waals surface area contributed by atoms with Gasteiger partial charge in [-0.05, 0) is 157 Å². The first-order valence-corrected chi connectivity index (χ1v) is 49.8. The Labute approximate surface area is 911 Å². The summed E-state index contributed by atoms with van der Waals surface area (Å²) in [5, 5.41) is 44.8. The van der Waals surface area contributed by atoms with Gasteiger partial charge in [-0.15, -0.1) is 0 Å². The number of aldehydes is 2. The third-order valence-corrected chi connectivity index (χ3v) is 17.2. The van der Waals surface area contributed by atoms with E-state index in [0.29, 0.717) is 27.8 Å². The van der Waals surface area contributed by atoms with Crippen LogP contribution in [0.2, 0.25) is 0 Å². The summed E-state index contributed by atoms with van der Waals surface area (Å²) in [5.74, 6) is -5.41. The molecule has 13 aromatic rings. The van der Waals surface area contributed by atoms with Crippen LogP contribution in [0.3, 0.4) is 0 Å². The second-order valence-corrected chi connectivity index (χ2v) is 25.9. The number of fused-ring (bicyclic) bond motifs is 3. The van der Waals surface area contributed by atoms with Gasteiger partial charge >= 0.3 is 29.8 Å². The van der Waals surface area contributed by atoms with Gasteiger partial charge in [-0.1, -0.05) is 497 Å². The van der Waals surface area contributed by atoms with Gasteiger partial charge in [0.25, 0.3) is 0 Å². The Morgan fingerprint density at radius 3 is 0.972 bits per heavy atom. The van der Waals surface area contributed by atoms with Gasteiger partial charge in [-0.25, -0.2) is 24.0 Å². The van der Waals surface area contributed by atoms with Gasteiger partial charge in [0.05, 0.1) is 27.8 Å². The van der Waals surface area contributed by atoms with Gasteiger partial charge < -0.3 is 25.5 Å². The van der Waals surface area contributed by atoms with E-state index >= 15 is 0 Å². The fraction of sp³-hybridized carbons (Fsp3) is 0.281. The van der Waals surface area contributed by atoms with E-state index in [2.05, 4.69) is 126 Å². The minimum absolute atomic E-state index is 0. The minimum Gasteiger partial charge on any atom is -0.478 e. The van der Waals surface area contributed by atoms with Gasteiger partial charge in [-0.2, -0.15) is 35.4 Å². The van der Waals surface area contributed by atoms with Crippen molar-refractivity contribution in [3.05, 3.63) is 440 Å². The summed E-state index contributed by atoms with van der Waals surface area (Å²) in [6.45, 7) is 72.5. The Morgan fingerprint density at radius 1 is 0.266 bits per heavy atom. The van der Waals surface area contributed by atoms with Crippen LogP contribution in [-0.2, 0) is 0 Å². The topological polar surface area (TPSA) is 238 Å². The number of carbonyl (C=O) groups is 8. The number of carboxylic acids is 5. The molecule has 5 N–H and O–H groups in total. The van der Waals surface area contributed by atoms with Crippen LogP contribution in [0.5, 0.6) is 0 Å². The van der Waals surface area contributed by atoms with Gasteiger partial charge in [0.2, 0.25) is 0 Å². The van der Waals surface area contributed by atoms with Crippen LogP contribution in [0.1, 0.15) is 328 Å². The quantitative estimate of drug-likeness (QED) is 0.0599. The van der Waals surface area contributed by atoms with Crippen LogP contribution >= 0.6 is 0 Å². The Morgan fingerprint density at radius 2 is 0.594 bits per heavy atom. The molecule has 0 radical (unpaired) electrons. The van der Waals surface area contributed by atoms with E-state index in [0.717, 1.165) is 57.1 Å². The van der Waals surface area contributed by atoms with E-state index < -0.39 is 29.8 Å². The van der Waals surface area contributed by atoms with E-state index in [1.165, 1.54) is 98.6 Å². The first-order chi connectivity index (χ1) is 68.4. The standard InChI is InChI=1S/2C14H10O4.C14H8O3.C14H12O.C14H14.C8H8O.C8H9.C7H8.C7H6.14C2H6.2U/c15-13(16)10-7-5-9(6-8-10)11-3-1-2-4-12(11)14(17)18;15-13(16)10-6-7-11(12(8-10)14(17)18)9-4-2-1-3-5-9;15-13-11-4-2-1-3-9(11)10-6-5-8(14(16)17)7-12(10)13;1-11-6-8-12(9-7-11)14-5-3-2-4-13(14)10-15;1-11-8-9-14(12(2)10-11)13-6-4-3-5-7-13;1-7-4-2-3-5-8(7)6-9;1-7-4-3-5-8(2)6-7;2*1-7-5-3-2-4-6-7;14*1-2;;/h2*1-8H,(H,15,16)(H,17,18);1-7H,(H,16,17);2-10H,1H3;3-10H,1-2H3;2-6H,1H3;3-4,6H,1-2H3;2-6H,1H3;3,5-6H,1H3;14*1-2H3;;/q;;;;;;-1;;;;;;;;;;;;;;;;;;. The van der Waals surface area contributed by atoms with Crippen molar-refractivity contribution in [3.8, 4) is 55.6 Å². The molecule has 2 aliphatic rings. The molecule has 0 saturated heterocycles. The fourth-order valence-electron chi connectivity index (χ4n) is 11.4. The van der Waals surface area contributed by atoms with Gasteiger partial charge in [0, 0.05) is 90.6 Å². The van der Waals surface area contributed by atoms with E-state index in [-0.39, 0.29) is 95.8 Å². The molecule has 0 atom stereocenters. The number of allylic oxidation sites excluding steroid dienone is 6. The van der Waals surface area contributed by atoms with Crippen LogP contribution in [0, 0.1) is 129 Å². The van der Waals surface area contributed by atoms with Crippen LogP contribution in [0.15, 0.2) is 333 Å².